The highest BCUT2D eigenvalue weighted by Gasteiger charge is 2.30. The molecule has 3 aromatic rings. The highest BCUT2D eigenvalue weighted by Crippen LogP contribution is 2.36. The van der Waals surface area contributed by atoms with Crippen molar-refractivity contribution in [2.24, 2.45) is 5.10 Å². The van der Waals surface area contributed by atoms with E-state index in [4.69, 9.17) is 0 Å². The molecule has 5 nitrogen and oxygen atoms in total. The van der Waals surface area contributed by atoms with Crippen molar-refractivity contribution in [3.63, 3.8) is 0 Å². The van der Waals surface area contributed by atoms with Gasteiger partial charge in [-0.25, -0.2) is 5.43 Å². The zero-order valence-corrected chi connectivity index (χ0v) is 16.2. The van der Waals surface area contributed by atoms with Gasteiger partial charge in [0.2, 0.25) is 0 Å². The maximum absolute atomic E-state index is 12.7. The Morgan fingerprint density at radius 1 is 1.11 bits per heavy atom. The molecule has 3 aromatic carbocycles. The molecule has 27 heavy (non-hydrogen) atoms. The number of hydrogen-bond acceptors (Lipinski definition) is 3. The fourth-order valence-electron chi connectivity index (χ4n) is 3.24. The number of rotatable bonds is 4. The molecular weight excluding hydrogens is 406 g/mol. The van der Waals surface area contributed by atoms with Gasteiger partial charge in [0.05, 0.1) is 11.4 Å². The van der Waals surface area contributed by atoms with Gasteiger partial charge >= 0.3 is 0 Å². The van der Waals surface area contributed by atoms with Crippen molar-refractivity contribution in [1.29, 1.82) is 0 Å². The molecule has 1 aliphatic rings. The third-order valence-electron chi connectivity index (χ3n) is 4.54. The second kappa shape index (κ2) is 6.96. The molecule has 134 valence electrons. The molecule has 1 aliphatic heterocycles. The standard InChI is InChI=1S/C21H16BrN3O2/c1-13(15-7-2-8-16(22)11-15)23-24-19(26)12-25-18-10-4-6-14-5-3-9-17(20(14)18)21(25)27/h2-11H,12H2,1H3,(H,24,26)/b23-13-. The van der Waals surface area contributed by atoms with Gasteiger partial charge < -0.3 is 0 Å². The molecule has 0 spiro atoms. The highest BCUT2D eigenvalue weighted by atomic mass is 79.9. The number of halogens is 1. The maximum Gasteiger partial charge on any atom is 0.260 e. The molecule has 1 heterocycles. The first kappa shape index (κ1) is 17.4. The zero-order chi connectivity index (χ0) is 19.0. The van der Waals surface area contributed by atoms with E-state index in [-0.39, 0.29) is 18.4 Å². The molecule has 4 rings (SSSR count). The molecule has 1 N–H and O–H groups in total. The first-order chi connectivity index (χ1) is 13.0. The second-order valence-corrected chi connectivity index (χ2v) is 7.23. The van der Waals surface area contributed by atoms with Gasteiger partial charge in [0.1, 0.15) is 6.54 Å². The molecule has 6 heteroatoms. The van der Waals surface area contributed by atoms with Crippen LogP contribution < -0.4 is 10.3 Å². The Labute approximate surface area is 164 Å². The summed E-state index contributed by atoms with van der Waals surface area (Å²) < 4.78 is 0.939. The molecule has 0 saturated heterocycles. The SMILES string of the molecule is C/C(=N/NC(=O)CN1C(=O)c2cccc3cccc1c23)c1cccc(Br)c1. The summed E-state index contributed by atoms with van der Waals surface area (Å²) in [5, 5.41) is 6.04. The average Bonchev–Trinajstić information content (AvgIpc) is 2.94. The van der Waals surface area contributed by atoms with E-state index in [1.165, 1.54) is 4.90 Å². The number of nitrogens with zero attached hydrogens (tertiary/aromatic N) is 2. The number of carbonyl (C=O) groups is 2. The number of carbonyl (C=O) groups excluding carboxylic acids is 2. The third-order valence-corrected chi connectivity index (χ3v) is 5.03. The lowest BCUT2D eigenvalue weighted by atomic mass is 10.1. The van der Waals surface area contributed by atoms with Crippen molar-refractivity contribution < 1.29 is 9.59 Å². The Hall–Kier alpha value is -2.99. The van der Waals surface area contributed by atoms with Gasteiger partial charge in [0, 0.05) is 15.4 Å². The van der Waals surface area contributed by atoms with Crippen LogP contribution >= 0.6 is 15.9 Å². The third kappa shape index (κ3) is 3.24. The summed E-state index contributed by atoms with van der Waals surface area (Å²) in [6.07, 6.45) is 0. The average molecular weight is 422 g/mol. The van der Waals surface area contributed by atoms with E-state index in [1.807, 2.05) is 61.5 Å². The lowest BCUT2D eigenvalue weighted by Crippen LogP contribution is -2.37. The van der Waals surface area contributed by atoms with Crippen LogP contribution in [0.2, 0.25) is 0 Å². The maximum atomic E-state index is 12.7. The largest absolute Gasteiger partial charge is 0.298 e. The van der Waals surface area contributed by atoms with Crippen LogP contribution in [0.3, 0.4) is 0 Å². The van der Waals surface area contributed by atoms with E-state index in [2.05, 4.69) is 26.5 Å². The second-order valence-electron chi connectivity index (χ2n) is 6.31. The van der Waals surface area contributed by atoms with Crippen LogP contribution in [0.25, 0.3) is 10.8 Å². The monoisotopic (exact) mass is 421 g/mol. The van der Waals surface area contributed by atoms with Crippen molar-refractivity contribution in [2.75, 3.05) is 11.4 Å². The van der Waals surface area contributed by atoms with Gasteiger partial charge in [-0.15, -0.1) is 0 Å². The van der Waals surface area contributed by atoms with Crippen LogP contribution in [-0.2, 0) is 4.79 Å². The number of hydrogen-bond donors (Lipinski definition) is 1. The van der Waals surface area contributed by atoms with Crippen LogP contribution in [0.5, 0.6) is 0 Å². The molecule has 2 amide bonds. The topological polar surface area (TPSA) is 61.8 Å². The van der Waals surface area contributed by atoms with E-state index in [0.717, 1.165) is 26.5 Å². The predicted octanol–water partition coefficient (Wildman–Crippen LogP) is 4.10. The van der Waals surface area contributed by atoms with Gasteiger partial charge in [0.15, 0.2) is 0 Å². The summed E-state index contributed by atoms with van der Waals surface area (Å²) >= 11 is 3.42. The molecule has 0 bridgehead atoms. The van der Waals surface area contributed by atoms with Gasteiger partial charge in [0.25, 0.3) is 11.8 Å². The minimum Gasteiger partial charge on any atom is -0.298 e. The summed E-state index contributed by atoms with van der Waals surface area (Å²) in [7, 11) is 0. The fraction of sp³-hybridized carbons (Fsp3) is 0.0952. The van der Waals surface area contributed by atoms with Crippen molar-refractivity contribution in [1.82, 2.24) is 5.43 Å². The first-order valence-electron chi connectivity index (χ1n) is 8.47. The summed E-state index contributed by atoms with van der Waals surface area (Å²) in [6, 6.07) is 19.0. The minimum atomic E-state index is -0.345. The molecule has 0 fully saturated rings. The number of anilines is 1. The number of hydrazone groups is 1. The Balaban J connectivity index is 1.52. The van der Waals surface area contributed by atoms with Gasteiger partial charge in [-0.2, -0.15) is 5.10 Å². The van der Waals surface area contributed by atoms with Crippen LogP contribution in [0, 0.1) is 0 Å². The van der Waals surface area contributed by atoms with Crippen molar-refractivity contribution in [2.45, 2.75) is 6.92 Å². The van der Waals surface area contributed by atoms with E-state index >= 15 is 0 Å². The van der Waals surface area contributed by atoms with Crippen molar-refractivity contribution >= 4 is 49.9 Å². The lowest BCUT2D eigenvalue weighted by Gasteiger charge is -2.16. The van der Waals surface area contributed by atoms with Crippen LogP contribution in [0.4, 0.5) is 5.69 Å². The molecule has 0 unspecified atom stereocenters. The first-order valence-corrected chi connectivity index (χ1v) is 9.26. The minimum absolute atomic E-state index is 0.0815. The van der Waals surface area contributed by atoms with Gasteiger partial charge in [-0.3, -0.25) is 14.5 Å². The molecular formula is C21H16BrN3O2. The number of amides is 2. The van der Waals surface area contributed by atoms with Gasteiger partial charge in [-0.1, -0.05) is 52.3 Å². The zero-order valence-electron chi connectivity index (χ0n) is 14.6. The lowest BCUT2D eigenvalue weighted by molar-refractivity contribution is -0.119. The van der Waals surface area contributed by atoms with E-state index in [0.29, 0.717) is 11.3 Å². The summed E-state index contributed by atoms with van der Waals surface area (Å²) in [6.45, 7) is 1.74. The molecule has 0 aliphatic carbocycles. The molecule has 0 atom stereocenters. The normalized spacial score (nSPS) is 13.3. The van der Waals surface area contributed by atoms with E-state index < -0.39 is 0 Å². The van der Waals surface area contributed by atoms with E-state index in [9.17, 15) is 9.59 Å². The van der Waals surface area contributed by atoms with Crippen molar-refractivity contribution in [3.05, 3.63) is 76.3 Å². The van der Waals surface area contributed by atoms with Crippen LogP contribution in [0.1, 0.15) is 22.8 Å². The fourth-order valence-corrected chi connectivity index (χ4v) is 3.64. The summed E-state index contributed by atoms with van der Waals surface area (Å²) in [5.74, 6) is -0.507. The van der Waals surface area contributed by atoms with Crippen LogP contribution in [-0.4, -0.2) is 24.1 Å². The molecule has 0 aromatic heterocycles. The molecule has 0 saturated carbocycles. The summed E-state index contributed by atoms with van der Waals surface area (Å²) in [4.78, 5) is 26.6. The van der Waals surface area contributed by atoms with Crippen molar-refractivity contribution in [3.8, 4) is 0 Å². The highest BCUT2D eigenvalue weighted by molar-refractivity contribution is 9.10. The van der Waals surface area contributed by atoms with E-state index in [1.54, 1.807) is 6.07 Å². The molecule has 0 radical (unpaired) electrons. The Bertz CT molecular complexity index is 1100. The smallest absolute Gasteiger partial charge is 0.260 e. The van der Waals surface area contributed by atoms with Gasteiger partial charge in [-0.05, 0) is 42.1 Å². The Kier molecular flexibility index (Phi) is 4.49. The summed E-state index contributed by atoms with van der Waals surface area (Å²) in [5.41, 5.74) is 5.52. The number of benzene rings is 3. The quantitative estimate of drug-likeness (QED) is 0.508. The number of nitrogens with one attached hydrogen (secondary N) is 1. The van der Waals surface area contributed by atoms with Crippen LogP contribution in [0.15, 0.2) is 70.2 Å². The Morgan fingerprint density at radius 3 is 2.63 bits per heavy atom. The predicted molar refractivity (Wildman–Crippen MR) is 110 cm³/mol. The Morgan fingerprint density at radius 2 is 1.85 bits per heavy atom.